The van der Waals surface area contributed by atoms with Crippen molar-refractivity contribution in [1.29, 1.82) is 0 Å². The van der Waals surface area contributed by atoms with Gasteiger partial charge in [-0.1, -0.05) is 12.1 Å². The molecular formula is C15H21N5O. The molecule has 6 heteroatoms. The van der Waals surface area contributed by atoms with Gasteiger partial charge >= 0.3 is 0 Å². The van der Waals surface area contributed by atoms with Gasteiger partial charge in [0.05, 0.1) is 13.2 Å². The Morgan fingerprint density at radius 3 is 3.14 bits per heavy atom. The van der Waals surface area contributed by atoms with Gasteiger partial charge in [-0.3, -0.25) is 4.90 Å². The zero-order valence-electron chi connectivity index (χ0n) is 12.1. The van der Waals surface area contributed by atoms with Crippen LogP contribution in [-0.2, 0) is 19.6 Å². The predicted octanol–water partition coefficient (Wildman–Crippen LogP) is 1.02. The lowest BCUT2D eigenvalue weighted by atomic mass is 10.2. The minimum atomic E-state index is 0.547. The zero-order chi connectivity index (χ0) is 14.5. The maximum atomic E-state index is 5.78. The molecule has 0 bridgehead atoms. The molecule has 2 aromatic rings. The van der Waals surface area contributed by atoms with Gasteiger partial charge < -0.3 is 15.0 Å². The van der Waals surface area contributed by atoms with Crippen molar-refractivity contribution in [3.05, 3.63) is 42.0 Å². The molecule has 0 saturated carbocycles. The fourth-order valence-corrected chi connectivity index (χ4v) is 2.55. The van der Waals surface area contributed by atoms with E-state index in [1.165, 1.54) is 0 Å². The molecule has 6 nitrogen and oxygen atoms in total. The smallest absolute Gasteiger partial charge is 0.147 e. The van der Waals surface area contributed by atoms with Crippen LogP contribution in [0.1, 0.15) is 17.8 Å². The van der Waals surface area contributed by atoms with Gasteiger partial charge in [-0.05, 0) is 24.1 Å². The van der Waals surface area contributed by atoms with E-state index >= 15 is 0 Å². The summed E-state index contributed by atoms with van der Waals surface area (Å²) in [6.45, 7) is 5.18. The molecule has 2 N–H and O–H groups in total. The normalized spacial score (nSPS) is 14.9. The average molecular weight is 287 g/mol. The van der Waals surface area contributed by atoms with Crippen LogP contribution in [0, 0.1) is 0 Å². The van der Waals surface area contributed by atoms with Crippen LogP contribution in [0.4, 0.5) is 0 Å². The number of rotatable bonds is 6. The van der Waals surface area contributed by atoms with E-state index in [-0.39, 0.29) is 0 Å². The molecule has 0 spiro atoms. The van der Waals surface area contributed by atoms with E-state index in [1.807, 2.05) is 24.3 Å². The Labute approximate surface area is 124 Å². The van der Waals surface area contributed by atoms with Gasteiger partial charge in [-0.2, -0.15) is 0 Å². The number of nitrogens with two attached hydrogens (primary N) is 1. The van der Waals surface area contributed by atoms with E-state index in [4.69, 9.17) is 10.5 Å². The summed E-state index contributed by atoms with van der Waals surface area (Å²) in [5.74, 6) is 1.95. The second kappa shape index (κ2) is 6.69. The summed E-state index contributed by atoms with van der Waals surface area (Å²) in [4.78, 5) is 2.39. The van der Waals surface area contributed by atoms with Crippen LogP contribution >= 0.6 is 0 Å². The Morgan fingerprint density at radius 1 is 1.29 bits per heavy atom. The van der Waals surface area contributed by atoms with Crippen LogP contribution < -0.4 is 10.5 Å². The quantitative estimate of drug-likeness (QED) is 0.803. The van der Waals surface area contributed by atoms with Gasteiger partial charge in [-0.25, -0.2) is 0 Å². The topological polar surface area (TPSA) is 69.2 Å². The number of nitrogens with zero attached hydrogens (tertiary/aromatic N) is 4. The molecule has 112 valence electrons. The second-order valence-electron chi connectivity index (χ2n) is 5.27. The molecule has 0 amide bonds. The Balaban J connectivity index is 1.41. The van der Waals surface area contributed by atoms with E-state index < -0.39 is 0 Å². The third-order valence-corrected chi connectivity index (χ3v) is 3.74. The fraction of sp³-hybridized carbons (Fsp3) is 0.467. The summed E-state index contributed by atoms with van der Waals surface area (Å²) < 4.78 is 7.90. The summed E-state index contributed by atoms with van der Waals surface area (Å²) in [6.07, 6.45) is 2.81. The molecular weight excluding hydrogens is 266 g/mol. The van der Waals surface area contributed by atoms with Gasteiger partial charge in [0.15, 0.2) is 0 Å². The van der Waals surface area contributed by atoms with Gasteiger partial charge in [0.2, 0.25) is 0 Å². The Hall–Kier alpha value is -1.92. The maximum Gasteiger partial charge on any atom is 0.147 e. The van der Waals surface area contributed by atoms with Crippen molar-refractivity contribution in [2.75, 3.05) is 19.7 Å². The lowest BCUT2D eigenvalue weighted by molar-refractivity contribution is 0.195. The van der Waals surface area contributed by atoms with Crippen LogP contribution in [0.5, 0.6) is 5.75 Å². The van der Waals surface area contributed by atoms with Crippen LogP contribution in [0.3, 0.4) is 0 Å². The maximum absolute atomic E-state index is 5.78. The molecule has 21 heavy (non-hydrogen) atoms. The number of fused-ring (bicyclic) bond motifs is 1. The molecule has 0 aliphatic carbocycles. The third-order valence-electron chi connectivity index (χ3n) is 3.74. The highest BCUT2D eigenvalue weighted by Gasteiger charge is 2.16. The highest BCUT2D eigenvalue weighted by atomic mass is 16.5. The Kier molecular flexibility index (Phi) is 4.47. The molecule has 1 aliphatic rings. The van der Waals surface area contributed by atoms with E-state index in [2.05, 4.69) is 19.7 Å². The number of hydrogen-bond acceptors (Lipinski definition) is 5. The van der Waals surface area contributed by atoms with E-state index in [0.717, 1.165) is 56.3 Å². The van der Waals surface area contributed by atoms with Gasteiger partial charge in [-0.15, -0.1) is 10.2 Å². The minimum absolute atomic E-state index is 0.547. The van der Waals surface area contributed by atoms with Crippen molar-refractivity contribution in [3.8, 4) is 5.75 Å². The van der Waals surface area contributed by atoms with E-state index in [0.29, 0.717) is 6.54 Å². The first-order chi connectivity index (χ1) is 10.3. The predicted molar refractivity (Wildman–Crippen MR) is 79.7 cm³/mol. The largest absolute Gasteiger partial charge is 0.494 e. The minimum Gasteiger partial charge on any atom is -0.494 e. The van der Waals surface area contributed by atoms with Gasteiger partial charge in [0.25, 0.3) is 0 Å². The van der Waals surface area contributed by atoms with Crippen molar-refractivity contribution in [3.63, 3.8) is 0 Å². The molecule has 2 heterocycles. The van der Waals surface area contributed by atoms with Crippen LogP contribution in [0.2, 0.25) is 0 Å². The summed E-state index contributed by atoms with van der Waals surface area (Å²) in [7, 11) is 0. The van der Waals surface area contributed by atoms with E-state index in [1.54, 1.807) is 6.33 Å². The molecule has 0 atom stereocenters. The van der Waals surface area contributed by atoms with Crippen LogP contribution in [0.15, 0.2) is 30.6 Å². The first kappa shape index (κ1) is 14.0. The van der Waals surface area contributed by atoms with Crippen molar-refractivity contribution in [2.24, 2.45) is 5.73 Å². The average Bonchev–Trinajstić information content (AvgIpc) is 2.99. The van der Waals surface area contributed by atoms with Gasteiger partial charge in [0.1, 0.15) is 17.9 Å². The molecule has 1 aromatic carbocycles. The fourth-order valence-electron chi connectivity index (χ4n) is 2.55. The molecule has 1 aliphatic heterocycles. The van der Waals surface area contributed by atoms with Crippen LogP contribution in [0.25, 0.3) is 0 Å². The third kappa shape index (κ3) is 3.59. The summed E-state index contributed by atoms with van der Waals surface area (Å²) in [5.41, 5.74) is 6.73. The molecule has 0 radical (unpaired) electrons. The zero-order valence-corrected chi connectivity index (χ0v) is 12.1. The molecule has 1 aromatic heterocycles. The summed E-state index contributed by atoms with van der Waals surface area (Å²) in [6, 6.07) is 7.97. The first-order valence-electron chi connectivity index (χ1n) is 7.36. The number of ether oxygens (including phenoxy) is 1. The molecule has 3 rings (SSSR count). The van der Waals surface area contributed by atoms with Crippen molar-refractivity contribution < 1.29 is 4.74 Å². The van der Waals surface area contributed by atoms with Gasteiger partial charge in [0, 0.05) is 26.2 Å². The number of benzene rings is 1. The summed E-state index contributed by atoms with van der Waals surface area (Å²) >= 11 is 0. The standard InChI is InChI=1S/C15H21N5O/c16-10-13-3-1-4-14(9-13)21-8-2-5-19-6-7-20-12-17-18-15(20)11-19/h1,3-4,9,12H,2,5-8,10-11,16H2. The number of hydrogen-bond donors (Lipinski definition) is 1. The van der Waals surface area contributed by atoms with Crippen molar-refractivity contribution in [1.82, 2.24) is 19.7 Å². The molecule has 0 saturated heterocycles. The lowest BCUT2D eigenvalue weighted by Gasteiger charge is -2.26. The number of aromatic nitrogens is 3. The Morgan fingerprint density at radius 2 is 2.24 bits per heavy atom. The van der Waals surface area contributed by atoms with Crippen LogP contribution in [-0.4, -0.2) is 39.4 Å². The monoisotopic (exact) mass is 287 g/mol. The molecule has 0 fully saturated rings. The van der Waals surface area contributed by atoms with Crippen molar-refractivity contribution >= 4 is 0 Å². The highest BCUT2D eigenvalue weighted by Crippen LogP contribution is 2.14. The van der Waals surface area contributed by atoms with Crippen molar-refractivity contribution in [2.45, 2.75) is 26.1 Å². The lowest BCUT2D eigenvalue weighted by Crippen LogP contribution is -2.34. The first-order valence-corrected chi connectivity index (χ1v) is 7.36. The highest BCUT2D eigenvalue weighted by molar-refractivity contribution is 5.28. The molecule has 0 unspecified atom stereocenters. The van der Waals surface area contributed by atoms with E-state index in [9.17, 15) is 0 Å². The second-order valence-corrected chi connectivity index (χ2v) is 5.27. The SMILES string of the molecule is NCc1cccc(OCCCN2CCn3cnnc3C2)c1. The Bertz CT molecular complexity index is 583. The summed E-state index contributed by atoms with van der Waals surface area (Å²) in [5, 5.41) is 8.07.